The molecule has 0 aromatic heterocycles. The summed E-state index contributed by atoms with van der Waals surface area (Å²) < 4.78 is 10.6. The zero-order chi connectivity index (χ0) is 22.9. The molecule has 3 rings (SSSR count). The summed E-state index contributed by atoms with van der Waals surface area (Å²) in [5, 5.41) is 5.62. The molecule has 2 aromatic rings. The van der Waals surface area contributed by atoms with Crippen LogP contribution in [0.5, 0.6) is 11.5 Å². The van der Waals surface area contributed by atoms with Crippen LogP contribution in [0.15, 0.2) is 54.6 Å². The molecule has 1 N–H and O–H groups in total. The van der Waals surface area contributed by atoms with Gasteiger partial charge in [0.25, 0.3) is 11.8 Å². The molecule has 2 aromatic carbocycles. The number of amides is 3. The molecular weight excluding hydrogens is 410 g/mol. The highest BCUT2D eigenvalue weighted by Crippen LogP contribution is 2.25. The van der Waals surface area contributed by atoms with Crippen molar-refractivity contribution in [3.8, 4) is 11.5 Å². The average molecular weight is 437 g/mol. The summed E-state index contributed by atoms with van der Waals surface area (Å²) in [6, 6.07) is 14.1. The second kappa shape index (κ2) is 11.0. The highest BCUT2D eigenvalue weighted by Gasteiger charge is 2.29. The molecule has 8 nitrogen and oxygen atoms in total. The van der Waals surface area contributed by atoms with Crippen LogP contribution < -0.4 is 14.8 Å². The van der Waals surface area contributed by atoms with Crippen molar-refractivity contribution in [3.05, 3.63) is 65.7 Å². The summed E-state index contributed by atoms with van der Waals surface area (Å²) in [7, 11) is 3.12. The van der Waals surface area contributed by atoms with Crippen molar-refractivity contribution in [1.82, 2.24) is 15.3 Å². The Morgan fingerprint density at radius 2 is 1.75 bits per heavy atom. The molecule has 0 aliphatic carbocycles. The van der Waals surface area contributed by atoms with Crippen LogP contribution in [0.2, 0.25) is 0 Å². The number of hydrazine groups is 1. The van der Waals surface area contributed by atoms with Crippen LogP contribution in [-0.4, -0.2) is 61.6 Å². The number of hydrogen-bond acceptors (Lipinski definition) is 5. The third-order valence-electron chi connectivity index (χ3n) is 5.08. The van der Waals surface area contributed by atoms with Crippen molar-refractivity contribution in [1.29, 1.82) is 0 Å². The van der Waals surface area contributed by atoms with Crippen molar-refractivity contribution >= 4 is 23.8 Å². The first-order chi connectivity index (χ1) is 15.5. The summed E-state index contributed by atoms with van der Waals surface area (Å²) in [5.41, 5.74) is 1.23. The fraction of sp³-hybridized carbons (Fsp3) is 0.292. The molecule has 1 aliphatic rings. The van der Waals surface area contributed by atoms with E-state index >= 15 is 0 Å². The third-order valence-corrected chi connectivity index (χ3v) is 5.08. The summed E-state index contributed by atoms with van der Waals surface area (Å²) in [6.07, 6.45) is 3.87. The molecule has 0 atom stereocenters. The molecule has 1 fully saturated rings. The maximum absolute atomic E-state index is 12.8. The number of benzene rings is 2. The largest absolute Gasteiger partial charge is 0.497 e. The molecule has 1 heterocycles. The van der Waals surface area contributed by atoms with E-state index in [1.165, 1.54) is 16.1 Å². The molecule has 1 saturated heterocycles. The minimum absolute atomic E-state index is 0.107. The van der Waals surface area contributed by atoms with Gasteiger partial charge in [-0.15, -0.1) is 0 Å². The molecule has 1 aliphatic heterocycles. The van der Waals surface area contributed by atoms with Gasteiger partial charge in [0.2, 0.25) is 5.91 Å². The highest BCUT2D eigenvalue weighted by molar-refractivity contribution is 5.95. The van der Waals surface area contributed by atoms with Crippen LogP contribution in [-0.2, 0) is 9.59 Å². The van der Waals surface area contributed by atoms with E-state index in [1.54, 1.807) is 62.8 Å². The smallest absolute Gasteiger partial charge is 0.265 e. The minimum Gasteiger partial charge on any atom is -0.497 e. The number of nitrogens with one attached hydrogen (secondary N) is 1. The van der Waals surface area contributed by atoms with Gasteiger partial charge in [-0.05, 0) is 42.8 Å². The normalized spacial score (nSPS) is 13.3. The predicted octanol–water partition coefficient (Wildman–Crippen LogP) is 2.51. The first-order valence-corrected chi connectivity index (χ1v) is 10.4. The van der Waals surface area contributed by atoms with E-state index in [0.717, 1.165) is 0 Å². The zero-order valence-electron chi connectivity index (χ0n) is 18.2. The van der Waals surface area contributed by atoms with Crippen LogP contribution in [0, 0.1) is 0 Å². The fourth-order valence-electron chi connectivity index (χ4n) is 3.42. The van der Waals surface area contributed by atoms with Gasteiger partial charge in [-0.25, -0.2) is 5.01 Å². The van der Waals surface area contributed by atoms with Crippen LogP contribution in [0.25, 0.3) is 6.08 Å². The first-order valence-electron chi connectivity index (χ1n) is 10.4. The summed E-state index contributed by atoms with van der Waals surface area (Å²) >= 11 is 0. The molecular formula is C24H27N3O5. The van der Waals surface area contributed by atoms with Gasteiger partial charge in [0.1, 0.15) is 11.5 Å². The monoisotopic (exact) mass is 437 g/mol. The molecule has 168 valence electrons. The predicted molar refractivity (Wildman–Crippen MR) is 120 cm³/mol. The maximum atomic E-state index is 12.8. The Morgan fingerprint density at radius 3 is 2.47 bits per heavy atom. The Labute approximate surface area is 187 Å². The highest BCUT2D eigenvalue weighted by atomic mass is 16.5. The number of ether oxygens (including phenoxy) is 2. The third kappa shape index (κ3) is 5.66. The molecule has 0 spiro atoms. The van der Waals surface area contributed by atoms with Crippen molar-refractivity contribution in [2.45, 2.75) is 12.8 Å². The van der Waals surface area contributed by atoms with Crippen molar-refractivity contribution in [2.24, 2.45) is 0 Å². The Hall–Kier alpha value is -3.81. The van der Waals surface area contributed by atoms with Crippen molar-refractivity contribution in [2.75, 3.05) is 33.9 Å². The van der Waals surface area contributed by atoms with E-state index in [9.17, 15) is 14.4 Å². The second-order valence-electron chi connectivity index (χ2n) is 7.14. The van der Waals surface area contributed by atoms with Crippen LogP contribution >= 0.6 is 0 Å². The van der Waals surface area contributed by atoms with Crippen molar-refractivity contribution in [3.63, 3.8) is 0 Å². The number of rotatable bonds is 8. The number of hydrogen-bond donors (Lipinski definition) is 1. The van der Waals surface area contributed by atoms with Gasteiger partial charge in [0, 0.05) is 43.3 Å². The number of carbonyl (C=O) groups excluding carboxylic acids is 3. The Balaban J connectivity index is 1.57. The lowest BCUT2D eigenvalue weighted by Crippen LogP contribution is -2.45. The van der Waals surface area contributed by atoms with E-state index in [1.807, 2.05) is 6.07 Å². The lowest BCUT2D eigenvalue weighted by molar-refractivity contribution is -0.154. The van der Waals surface area contributed by atoms with E-state index in [2.05, 4.69) is 5.32 Å². The first kappa shape index (κ1) is 22.9. The van der Waals surface area contributed by atoms with Gasteiger partial charge in [0.15, 0.2) is 0 Å². The lowest BCUT2D eigenvalue weighted by Gasteiger charge is -2.27. The number of methoxy groups -OCH3 is 2. The van der Waals surface area contributed by atoms with Gasteiger partial charge in [0.05, 0.1) is 14.2 Å². The quantitative estimate of drug-likeness (QED) is 0.641. The number of carbonyl (C=O) groups is 3. The standard InChI is InChI=1S/C24H27N3O5/c1-31-20-10-11-21(32-2)19(17-20)9-12-22(28)26-15-6-16-27(26)23(29)13-14-25-24(30)18-7-4-3-5-8-18/h3-5,7-12,17H,6,13-16H2,1-2H3,(H,25,30). The average Bonchev–Trinajstić information content (AvgIpc) is 3.33. The number of nitrogens with zero attached hydrogens (tertiary/aromatic N) is 2. The SMILES string of the molecule is COc1ccc(OC)c(C=CC(=O)N2CCCN2C(=O)CCNC(=O)c2ccccc2)c1. The molecule has 32 heavy (non-hydrogen) atoms. The van der Waals surface area contributed by atoms with Gasteiger partial charge >= 0.3 is 0 Å². The Kier molecular flexibility index (Phi) is 7.85. The van der Waals surface area contributed by atoms with Gasteiger partial charge in [-0.2, -0.15) is 0 Å². The van der Waals surface area contributed by atoms with E-state index < -0.39 is 0 Å². The Morgan fingerprint density at radius 1 is 1.00 bits per heavy atom. The van der Waals surface area contributed by atoms with Gasteiger partial charge < -0.3 is 14.8 Å². The van der Waals surface area contributed by atoms with E-state index in [4.69, 9.17) is 9.47 Å². The van der Waals surface area contributed by atoms with Crippen LogP contribution in [0.1, 0.15) is 28.8 Å². The summed E-state index contributed by atoms with van der Waals surface area (Å²) in [4.78, 5) is 37.5. The molecule has 0 unspecified atom stereocenters. The van der Waals surface area contributed by atoms with Gasteiger partial charge in [-0.3, -0.25) is 19.4 Å². The molecule has 0 saturated carbocycles. The lowest BCUT2D eigenvalue weighted by atomic mass is 10.1. The van der Waals surface area contributed by atoms with Crippen LogP contribution in [0.4, 0.5) is 0 Å². The molecule has 0 radical (unpaired) electrons. The summed E-state index contributed by atoms with van der Waals surface area (Å²) in [6.45, 7) is 1.12. The van der Waals surface area contributed by atoms with Crippen LogP contribution in [0.3, 0.4) is 0 Å². The summed E-state index contributed by atoms with van der Waals surface area (Å²) in [5.74, 6) is 0.514. The topological polar surface area (TPSA) is 88.2 Å². The molecule has 8 heteroatoms. The Bertz CT molecular complexity index is 990. The second-order valence-corrected chi connectivity index (χ2v) is 7.14. The molecule has 0 bridgehead atoms. The van der Waals surface area contributed by atoms with E-state index in [0.29, 0.717) is 42.1 Å². The maximum Gasteiger partial charge on any atom is 0.265 e. The van der Waals surface area contributed by atoms with Crippen molar-refractivity contribution < 1.29 is 23.9 Å². The zero-order valence-corrected chi connectivity index (χ0v) is 18.2. The van der Waals surface area contributed by atoms with Gasteiger partial charge in [-0.1, -0.05) is 18.2 Å². The van der Waals surface area contributed by atoms with E-state index in [-0.39, 0.29) is 30.7 Å². The molecule has 3 amide bonds. The fourth-order valence-corrected chi connectivity index (χ4v) is 3.42. The minimum atomic E-state index is -0.297.